The van der Waals surface area contributed by atoms with Crippen LogP contribution in [0.15, 0.2) is 60.0 Å². The highest BCUT2D eigenvalue weighted by atomic mass is 16.7. The Morgan fingerprint density at radius 3 is 2.84 bits per heavy atom. The summed E-state index contributed by atoms with van der Waals surface area (Å²) >= 11 is 0. The first-order valence-electron chi connectivity index (χ1n) is 9.27. The highest BCUT2D eigenvalue weighted by Crippen LogP contribution is 2.43. The normalized spacial score (nSPS) is 36.1. The van der Waals surface area contributed by atoms with Gasteiger partial charge in [0, 0.05) is 31.2 Å². The number of benzene rings is 1. The van der Waals surface area contributed by atoms with Crippen LogP contribution in [0.25, 0.3) is 0 Å². The summed E-state index contributed by atoms with van der Waals surface area (Å²) in [5.41, 5.74) is 3.28. The van der Waals surface area contributed by atoms with Crippen LogP contribution in [-0.2, 0) is 4.84 Å². The number of piperazine rings is 1. The molecule has 25 heavy (non-hydrogen) atoms. The minimum absolute atomic E-state index is 0.250. The lowest BCUT2D eigenvalue weighted by Gasteiger charge is -2.47. The van der Waals surface area contributed by atoms with E-state index in [2.05, 4.69) is 65.7 Å². The second-order valence-electron chi connectivity index (χ2n) is 7.44. The minimum Gasteiger partial charge on any atom is -0.386 e. The third-order valence-electron chi connectivity index (χ3n) is 6.10. The molecular weight excluding hydrogens is 310 g/mol. The largest absolute Gasteiger partial charge is 0.386 e. The van der Waals surface area contributed by atoms with E-state index in [9.17, 15) is 0 Å². The maximum atomic E-state index is 6.23. The lowest BCUT2D eigenvalue weighted by molar-refractivity contribution is -0.0783. The summed E-state index contributed by atoms with van der Waals surface area (Å²) in [5.74, 6) is 0. The predicted octanol–water partition coefficient (Wildman–Crippen LogP) is 3.77. The lowest BCUT2D eigenvalue weighted by atomic mass is 9.82. The average molecular weight is 337 g/mol. The molecule has 2 fully saturated rings. The molecule has 0 amide bonds. The van der Waals surface area contributed by atoms with Gasteiger partial charge in [0.2, 0.25) is 0 Å². The summed E-state index contributed by atoms with van der Waals surface area (Å²) in [6, 6.07) is 11.2. The van der Waals surface area contributed by atoms with Crippen molar-refractivity contribution in [3.63, 3.8) is 0 Å². The van der Waals surface area contributed by atoms with Crippen molar-refractivity contribution >= 4 is 5.71 Å². The summed E-state index contributed by atoms with van der Waals surface area (Å²) in [6.07, 6.45) is 7.20. The number of hydrogen-bond acceptors (Lipinski definition) is 4. The maximum absolute atomic E-state index is 6.23. The Morgan fingerprint density at radius 1 is 1.32 bits per heavy atom. The minimum atomic E-state index is -0.267. The molecule has 4 nitrogen and oxygen atoms in total. The predicted molar refractivity (Wildman–Crippen MR) is 101 cm³/mol. The van der Waals surface area contributed by atoms with Crippen LogP contribution < -0.4 is 0 Å². The molecule has 3 heterocycles. The van der Waals surface area contributed by atoms with E-state index in [4.69, 9.17) is 4.84 Å². The van der Waals surface area contributed by atoms with Crippen LogP contribution in [0.3, 0.4) is 0 Å². The first-order chi connectivity index (χ1) is 12.2. The molecule has 4 heteroatoms. The molecule has 3 aliphatic rings. The first kappa shape index (κ1) is 16.4. The number of hydrogen-bond donors (Lipinski definition) is 0. The summed E-state index contributed by atoms with van der Waals surface area (Å²) in [5, 5.41) is 4.53. The van der Waals surface area contributed by atoms with Gasteiger partial charge in [-0.1, -0.05) is 48.1 Å². The molecule has 4 rings (SSSR count). The molecule has 1 unspecified atom stereocenters. The van der Waals surface area contributed by atoms with E-state index in [1.807, 2.05) is 12.3 Å². The Balaban J connectivity index is 1.68. The van der Waals surface area contributed by atoms with Crippen molar-refractivity contribution < 1.29 is 4.84 Å². The number of rotatable bonds is 2. The van der Waals surface area contributed by atoms with Crippen molar-refractivity contribution in [2.24, 2.45) is 5.16 Å². The van der Waals surface area contributed by atoms with E-state index in [1.165, 1.54) is 11.3 Å². The molecule has 1 aromatic carbocycles. The van der Waals surface area contributed by atoms with Gasteiger partial charge in [0.05, 0.1) is 11.8 Å². The standard InChI is InChI=1S/C21H27N3O/c1-4-18-14-23-15-20(24(18)5-2)21(12-11-16(23)3)13-19(22-25-21)17-9-7-6-8-10-17/h4-10,16,20H,2,11-15H2,1,3H3/b18-4-/t16-,20+,21-/m0/s1. The Kier molecular flexibility index (Phi) is 4.16. The second-order valence-corrected chi connectivity index (χ2v) is 7.44. The monoisotopic (exact) mass is 337 g/mol. The molecule has 1 spiro atoms. The Morgan fingerprint density at radius 2 is 2.12 bits per heavy atom. The Hall–Kier alpha value is -2.07. The van der Waals surface area contributed by atoms with Gasteiger partial charge in [0.15, 0.2) is 5.60 Å². The van der Waals surface area contributed by atoms with Crippen LogP contribution in [0.2, 0.25) is 0 Å². The van der Waals surface area contributed by atoms with Crippen molar-refractivity contribution in [3.8, 4) is 0 Å². The molecule has 1 aromatic rings. The molecule has 2 bridgehead atoms. The highest BCUT2D eigenvalue weighted by molar-refractivity contribution is 6.01. The van der Waals surface area contributed by atoms with Crippen molar-refractivity contribution in [1.29, 1.82) is 0 Å². The zero-order valence-electron chi connectivity index (χ0n) is 15.2. The Bertz CT molecular complexity index is 711. The van der Waals surface area contributed by atoms with Crippen LogP contribution in [0.5, 0.6) is 0 Å². The van der Waals surface area contributed by atoms with Crippen molar-refractivity contribution in [3.05, 3.63) is 60.4 Å². The lowest BCUT2D eigenvalue weighted by Crippen LogP contribution is -2.59. The van der Waals surface area contributed by atoms with Gasteiger partial charge < -0.3 is 9.74 Å². The van der Waals surface area contributed by atoms with Gasteiger partial charge in [0.25, 0.3) is 0 Å². The van der Waals surface area contributed by atoms with Crippen LogP contribution in [-0.4, -0.2) is 46.3 Å². The van der Waals surface area contributed by atoms with Crippen LogP contribution in [0, 0.1) is 0 Å². The zero-order chi connectivity index (χ0) is 17.4. The van der Waals surface area contributed by atoms with E-state index in [0.29, 0.717) is 6.04 Å². The van der Waals surface area contributed by atoms with Gasteiger partial charge in [-0.3, -0.25) is 4.90 Å². The van der Waals surface area contributed by atoms with E-state index >= 15 is 0 Å². The fourth-order valence-corrected chi connectivity index (χ4v) is 4.50. The molecule has 132 valence electrons. The van der Waals surface area contributed by atoms with Crippen LogP contribution in [0.4, 0.5) is 0 Å². The molecule has 3 aliphatic heterocycles. The molecular formula is C21H27N3O. The van der Waals surface area contributed by atoms with Gasteiger partial charge in [-0.15, -0.1) is 0 Å². The van der Waals surface area contributed by atoms with Crippen LogP contribution in [0.1, 0.15) is 38.7 Å². The smallest absolute Gasteiger partial charge is 0.165 e. The van der Waals surface area contributed by atoms with Gasteiger partial charge >= 0.3 is 0 Å². The molecule has 0 aliphatic carbocycles. The molecule has 0 radical (unpaired) electrons. The topological polar surface area (TPSA) is 28.1 Å². The molecule has 0 N–H and O–H groups in total. The molecule has 4 atom stereocenters. The van der Waals surface area contributed by atoms with Crippen molar-refractivity contribution in [2.45, 2.75) is 50.8 Å². The number of fused-ring (bicyclic) bond motifs is 3. The van der Waals surface area contributed by atoms with Gasteiger partial charge in [-0.25, -0.2) is 0 Å². The van der Waals surface area contributed by atoms with E-state index in [1.54, 1.807) is 0 Å². The highest BCUT2D eigenvalue weighted by Gasteiger charge is 2.53. The van der Waals surface area contributed by atoms with Crippen molar-refractivity contribution in [2.75, 3.05) is 13.1 Å². The fourth-order valence-electron chi connectivity index (χ4n) is 4.50. The third kappa shape index (κ3) is 2.69. The maximum Gasteiger partial charge on any atom is 0.165 e. The molecule has 0 aromatic heterocycles. The number of allylic oxidation sites excluding steroid dienone is 1. The zero-order valence-corrected chi connectivity index (χ0v) is 15.2. The van der Waals surface area contributed by atoms with Crippen LogP contribution >= 0.6 is 0 Å². The van der Waals surface area contributed by atoms with Gasteiger partial charge in [-0.05, 0) is 38.5 Å². The number of oxime groups is 1. The SMILES string of the molecule is C=CN1/C(=C\C)CN2C[C@@H]1[C@]1(CC[C@@H]2C)CC(c2ccccc2)=NO1. The molecule has 2 saturated heterocycles. The van der Waals surface area contributed by atoms with Gasteiger partial charge in [0.1, 0.15) is 0 Å². The Labute approximate surface area is 150 Å². The van der Waals surface area contributed by atoms with Crippen molar-refractivity contribution in [1.82, 2.24) is 9.80 Å². The van der Waals surface area contributed by atoms with E-state index < -0.39 is 0 Å². The van der Waals surface area contributed by atoms with E-state index in [-0.39, 0.29) is 11.6 Å². The second kappa shape index (κ2) is 6.34. The summed E-state index contributed by atoms with van der Waals surface area (Å²) in [4.78, 5) is 11.1. The number of nitrogens with zero attached hydrogens (tertiary/aromatic N) is 3. The summed E-state index contributed by atoms with van der Waals surface area (Å²) < 4.78 is 0. The summed E-state index contributed by atoms with van der Waals surface area (Å²) in [6.45, 7) is 10.5. The fraction of sp³-hybridized carbons (Fsp3) is 0.476. The quantitative estimate of drug-likeness (QED) is 0.822. The third-order valence-corrected chi connectivity index (χ3v) is 6.10. The first-order valence-corrected chi connectivity index (χ1v) is 9.27. The molecule has 0 saturated carbocycles. The average Bonchev–Trinajstić information content (AvgIpc) is 3.07. The van der Waals surface area contributed by atoms with E-state index in [0.717, 1.165) is 38.1 Å². The van der Waals surface area contributed by atoms with Gasteiger partial charge in [-0.2, -0.15) is 0 Å². The summed E-state index contributed by atoms with van der Waals surface area (Å²) in [7, 11) is 0.